The molecule has 33 heavy (non-hydrogen) atoms. The van der Waals surface area contributed by atoms with E-state index in [0.29, 0.717) is 6.04 Å². The second-order valence-corrected chi connectivity index (χ2v) is 8.62. The molecule has 0 amide bonds. The van der Waals surface area contributed by atoms with Gasteiger partial charge in [0.15, 0.2) is 5.96 Å². The van der Waals surface area contributed by atoms with E-state index in [1.165, 1.54) is 11.1 Å². The van der Waals surface area contributed by atoms with Gasteiger partial charge in [-0.1, -0.05) is 48.0 Å². The minimum absolute atomic E-state index is 0. The Balaban J connectivity index is 0.00000306. The summed E-state index contributed by atoms with van der Waals surface area (Å²) in [6.07, 6.45) is 2.26. The lowest BCUT2D eigenvalue weighted by atomic mass is 10.0. The number of hydrogen-bond donors (Lipinski definition) is 1. The number of benzene rings is 2. The summed E-state index contributed by atoms with van der Waals surface area (Å²) in [6.45, 7) is 8.40. The number of guanidine groups is 1. The number of nitrogens with zero attached hydrogens (tertiary/aromatic N) is 3. The first-order valence-corrected chi connectivity index (χ1v) is 11.8. The van der Waals surface area contributed by atoms with Gasteiger partial charge in [-0.2, -0.15) is 0 Å². The van der Waals surface area contributed by atoms with Gasteiger partial charge < -0.3 is 19.7 Å². The summed E-state index contributed by atoms with van der Waals surface area (Å²) in [4.78, 5) is 9.48. The van der Waals surface area contributed by atoms with E-state index >= 15 is 0 Å². The molecule has 0 bridgehead atoms. The summed E-state index contributed by atoms with van der Waals surface area (Å²) >= 11 is 0. The molecule has 1 N–H and O–H groups in total. The molecule has 2 aromatic carbocycles. The van der Waals surface area contributed by atoms with Crippen LogP contribution in [0.1, 0.15) is 30.0 Å². The highest BCUT2D eigenvalue weighted by molar-refractivity contribution is 14.0. The average Bonchev–Trinajstić information content (AvgIpc) is 2.84. The molecule has 2 heterocycles. The van der Waals surface area contributed by atoms with E-state index in [-0.39, 0.29) is 30.1 Å². The molecule has 0 spiro atoms. The lowest BCUT2D eigenvalue weighted by Gasteiger charge is -2.37. The first kappa shape index (κ1) is 25.8. The summed E-state index contributed by atoms with van der Waals surface area (Å²) in [7, 11) is 1.88. The normalized spacial score (nSPS) is 19.0. The zero-order valence-corrected chi connectivity index (χ0v) is 22.1. The predicted octanol–water partition coefficient (Wildman–Crippen LogP) is 4.11. The molecule has 2 aromatic rings. The quantitative estimate of drug-likeness (QED) is 0.325. The van der Waals surface area contributed by atoms with Crippen LogP contribution in [0.25, 0.3) is 0 Å². The molecule has 0 saturated carbocycles. The molecule has 2 fully saturated rings. The number of nitrogens with one attached hydrogen (secondary N) is 1. The van der Waals surface area contributed by atoms with Gasteiger partial charge in [-0.25, -0.2) is 0 Å². The van der Waals surface area contributed by atoms with Crippen molar-refractivity contribution >= 4 is 29.9 Å². The number of aryl methyl sites for hydroxylation is 1. The fourth-order valence-corrected chi connectivity index (χ4v) is 4.62. The Morgan fingerprint density at radius 1 is 1.06 bits per heavy atom. The Kier molecular flexibility index (Phi) is 10.3. The lowest BCUT2D eigenvalue weighted by molar-refractivity contribution is 0.0168. The van der Waals surface area contributed by atoms with Gasteiger partial charge >= 0.3 is 0 Å². The van der Waals surface area contributed by atoms with Crippen LogP contribution in [-0.2, 0) is 4.74 Å². The molecule has 7 heteroatoms. The van der Waals surface area contributed by atoms with Crippen LogP contribution in [0.5, 0.6) is 5.75 Å². The van der Waals surface area contributed by atoms with Crippen LogP contribution in [0.15, 0.2) is 59.6 Å². The predicted molar refractivity (Wildman–Crippen MR) is 145 cm³/mol. The maximum absolute atomic E-state index is 6.16. The second-order valence-electron chi connectivity index (χ2n) is 8.62. The van der Waals surface area contributed by atoms with Crippen molar-refractivity contribution in [2.75, 3.05) is 53.0 Å². The summed E-state index contributed by atoms with van der Waals surface area (Å²) in [5.41, 5.74) is 2.65. The first-order valence-electron chi connectivity index (χ1n) is 11.8. The van der Waals surface area contributed by atoms with E-state index in [1.807, 2.05) is 37.4 Å². The summed E-state index contributed by atoms with van der Waals surface area (Å²) in [5, 5.41) is 3.67. The van der Waals surface area contributed by atoms with Crippen LogP contribution < -0.4 is 10.1 Å². The highest BCUT2D eigenvalue weighted by Crippen LogP contribution is 2.23. The summed E-state index contributed by atoms with van der Waals surface area (Å²) in [5.74, 6) is 1.94. The maximum atomic E-state index is 6.16. The standard InChI is InChI=1S/C26H36N4O2.HI/c1-21-7-6-8-22(19-21)25(29-15-17-31-18-16-29)20-28-26(27-2)30-13-11-24(12-14-30)32-23-9-4-3-5-10-23;/h3-10,19,24-25H,11-18,20H2,1-2H3,(H,27,28);1H. The number of piperidine rings is 1. The highest BCUT2D eigenvalue weighted by Gasteiger charge is 2.26. The van der Waals surface area contributed by atoms with Gasteiger partial charge in [-0.15, -0.1) is 24.0 Å². The van der Waals surface area contributed by atoms with Crippen LogP contribution in [-0.4, -0.2) is 74.8 Å². The second kappa shape index (κ2) is 13.2. The molecule has 4 rings (SSSR count). The van der Waals surface area contributed by atoms with E-state index in [2.05, 4.69) is 51.3 Å². The van der Waals surface area contributed by atoms with Gasteiger partial charge in [0.05, 0.1) is 19.3 Å². The number of morpholine rings is 1. The number of para-hydroxylation sites is 1. The van der Waals surface area contributed by atoms with E-state index in [4.69, 9.17) is 9.47 Å². The number of ether oxygens (including phenoxy) is 2. The molecule has 0 radical (unpaired) electrons. The van der Waals surface area contributed by atoms with Gasteiger partial charge in [0.25, 0.3) is 0 Å². The Morgan fingerprint density at radius 3 is 2.45 bits per heavy atom. The first-order chi connectivity index (χ1) is 15.7. The van der Waals surface area contributed by atoms with Crippen molar-refractivity contribution in [3.8, 4) is 5.75 Å². The van der Waals surface area contributed by atoms with Crippen molar-refractivity contribution in [2.24, 2.45) is 4.99 Å². The summed E-state index contributed by atoms with van der Waals surface area (Å²) in [6, 6.07) is 19.3. The average molecular weight is 565 g/mol. The zero-order chi connectivity index (χ0) is 22.2. The number of rotatable bonds is 6. The smallest absolute Gasteiger partial charge is 0.193 e. The largest absolute Gasteiger partial charge is 0.490 e. The van der Waals surface area contributed by atoms with Crippen molar-refractivity contribution in [3.63, 3.8) is 0 Å². The number of aliphatic imine (C=N–C) groups is 1. The van der Waals surface area contributed by atoms with E-state index in [1.54, 1.807) is 0 Å². The molecule has 2 aliphatic rings. The van der Waals surface area contributed by atoms with Crippen molar-refractivity contribution in [3.05, 3.63) is 65.7 Å². The van der Waals surface area contributed by atoms with Gasteiger partial charge in [-0.05, 0) is 24.6 Å². The van der Waals surface area contributed by atoms with Crippen LogP contribution in [0.4, 0.5) is 0 Å². The SMILES string of the molecule is CN=C(NCC(c1cccc(C)c1)N1CCOCC1)N1CCC(Oc2ccccc2)CC1.I. The Hall–Kier alpha value is -1.84. The molecule has 1 atom stereocenters. The molecular weight excluding hydrogens is 527 g/mol. The molecule has 0 aromatic heterocycles. The molecule has 6 nitrogen and oxygen atoms in total. The fourth-order valence-electron chi connectivity index (χ4n) is 4.62. The minimum atomic E-state index is 0. The summed E-state index contributed by atoms with van der Waals surface area (Å²) < 4.78 is 11.8. The number of halogens is 1. The van der Waals surface area contributed by atoms with Crippen molar-refractivity contribution in [1.29, 1.82) is 0 Å². The van der Waals surface area contributed by atoms with Gasteiger partial charge in [0.2, 0.25) is 0 Å². The highest BCUT2D eigenvalue weighted by atomic mass is 127. The Labute approximate surface area is 215 Å². The lowest BCUT2D eigenvalue weighted by Crippen LogP contribution is -2.50. The zero-order valence-electron chi connectivity index (χ0n) is 19.8. The number of hydrogen-bond acceptors (Lipinski definition) is 4. The number of likely N-dealkylation sites (tertiary alicyclic amines) is 1. The Bertz CT molecular complexity index is 866. The third kappa shape index (κ3) is 7.32. The van der Waals surface area contributed by atoms with Crippen molar-refractivity contribution in [1.82, 2.24) is 15.1 Å². The minimum Gasteiger partial charge on any atom is -0.490 e. The van der Waals surface area contributed by atoms with Gasteiger partial charge in [0, 0.05) is 52.6 Å². The van der Waals surface area contributed by atoms with Crippen LogP contribution in [0.3, 0.4) is 0 Å². The maximum Gasteiger partial charge on any atom is 0.193 e. The van der Waals surface area contributed by atoms with E-state index in [9.17, 15) is 0 Å². The van der Waals surface area contributed by atoms with Crippen LogP contribution in [0.2, 0.25) is 0 Å². The molecular formula is C26H37IN4O2. The third-order valence-electron chi connectivity index (χ3n) is 6.37. The van der Waals surface area contributed by atoms with Crippen molar-refractivity contribution in [2.45, 2.75) is 31.9 Å². The van der Waals surface area contributed by atoms with Crippen LogP contribution in [0, 0.1) is 6.92 Å². The molecule has 2 aliphatic heterocycles. The third-order valence-corrected chi connectivity index (χ3v) is 6.37. The van der Waals surface area contributed by atoms with E-state index < -0.39 is 0 Å². The molecule has 2 saturated heterocycles. The Morgan fingerprint density at radius 2 is 1.79 bits per heavy atom. The molecule has 0 aliphatic carbocycles. The van der Waals surface area contributed by atoms with Gasteiger partial charge in [-0.3, -0.25) is 9.89 Å². The van der Waals surface area contributed by atoms with Crippen molar-refractivity contribution < 1.29 is 9.47 Å². The topological polar surface area (TPSA) is 49.3 Å². The monoisotopic (exact) mass is 564 g/mol. The van der Waals surface area contributed by atoms with E-state index in [0.717, 1.165) is 70.5 Å². The van der Waals surface area contributed by atoms with Gasteiger partial charge in [0.1, 0.15) is 11.9 Å². The fraction of sp³-hybridized carbons (Fsp3) is 0.500. The van der Waals surface area contributed by atoms with Crippen LogP contribution >= 0.6 is 24.0 Å². The molecule has 180 valence electrons. The molecule has 1 unspecified atom stereocenters.